The van der Waals surface area contributed by atoms with Crippen LogP contribution in [-0.2, 0) is 65.4 Å². The first-order valence-electron chi connectivity index (χ1n) is 42.5. The van der Waals surface area contributed by atoms with E-state index in [1.54, 1.807) is 0 Å². The second kappa shape index (κ2) is 73.6. The predicted octanol–water partition coefficient (Wildman–Crippen LogP) is 24.7. The standard InChI is InChI=1S/C82H160O17P2/c1-7-10-12-14-16-18-20-22-23-24-25-26-27-28-29-30-35-39-43-47-55-61-67-82(87)98-77(70-92-79(84)64-58-52-45-41-38-34-32-31-33-36-40-44-51-57-63-75(6)9-3)72-96-100(88,89)94-68-76(83)69-95-101(90,91)97-73-78(71-93-80(85)65-59-53-49-48-50-56-62-74(4)5)99-81(86)66-60-54-46-42-37-21-19-17-15-13-11-8-2/h74-78,83H,7-73H2,1-6H3,(H,88,89)(H,90,91)/t75?,76-,77-,78-/m1/s1. The summed E-state index contributed by atoms with van der Waals surface area (Å²) in [5.74, 6) is -0.581. The average molecular weight is 1480 g/mol. The molecule has 0 aromatic carbocycles. The van der Waals surface area contributed by atoms with Gasteiger partial charge in [0.1, 0.15) is 19.3 Å². The van der Waals surface area contributed by atoms with Gasteiger partial charge in [0.05, 0.1) is 26.4 Å². The molecular weight excluding hydrogens is 1320 g/mol. The van der Waals surface area contributed by atoms with Crippen molar-refractivity contribution in [1.82, 2.24) is 0 Å². The van der Waals surface area contributed by atoms with Gasteiger partial charge in [-0.05, 0) is 37.5 Å². The lowest BCUT2D eigenvalue weighted by atomic mass is 9.99. The van der Waals surface area contributed by atoms with E-state index in [0.29, 0.717) is 31.6 Å². The van der Waals surface area contributed by atoms with Crippen molar-refractivity contribution in [3.05, 3.63) is 0 Å². The SMILES string of the molecule is CCCCCCCCCCCCCCCCCCCCCCCCC(=O)O[C@H](COC(=O)CCCCCCCCCCCCCCCCC(C)CC)COP(=O)(O)OC[C@@H](O)COP(=O)(O)OC[C@@H](COC(=O)CCCCCCCCC(C)C)OC(=O)CCCCCCCCCCCCCC. The summed E-state index contributed by atoms with van der Waals surface area (Å²) in [6.45, 7) is 9.60. The minimum Gasteiger partial charge on any atom is -0.462 e. The Balaban J connectivity index is 5.19. The first-order chi connectivity index (χ1) is 48.9. The molecule has 0 aliphatic heterocycles. The maximum absolute atomic E-state index is 13.1. The molecule has 101 heavy (non-hydrogen) atoms. The topological polar surface area (TPSA) is 237 Å². The van der Waals surface area contributed by atoms with E-state index in [9.17, 15) is 43.2 Å². The molecule has 0 heterocycles. The largest absolute Gasteiger partial charge is 0.472 e. The Morgan fingerprint density at radius 3 is 0.752 bits per heavy atom. The van der Waals surface area contributed by atoms with Crippen LogP contribution in [0.4, 0.5) is 0 Å². The molecule has 600 valence electrons. The maximum Gasteiger partial charge on any atom is 0.472 e. The number of rotatable bonds is 81. The normalized spacial score (nSPS) is 14.2. The highest BCUT2D eigenvalue weighted by molar-refractivity contribution is 7.47. The van der Waals surface area contributed by atoms with Crippen LogP contribution in [0.15, 0.2) is 0 Å². The highest BCUT2D eigenvalue weighted by Gasteiger charge is 2.30. The van der Waals surface area contributed by atoms with E-state index in [2.05, 4.69) is 41.5 Å². The third-order valence-corrected chi connectivity index (χ3v) is 21.5. The van der Waals surface area contributed by atoms with Crippen LogP contribution in [-0.4, -0.2) is 96.7 Å². The molecule has 0 rings (SSSR count). The molecule has 0 fully saturated rings. The minimum absolute atomic E-state index is 0.106. The first-order valence-corrected chi connectivity index (χ1v) is 45.5. The summed E-state index contributed by atoms with van der Waals surface area (Å²) in [5, 5.41) is 10.6. The Morgan fingerprint density at radius 2 is 0.505 bits per heavy atom. The van der Waals surface area contributed by atoms with E-state index in [4.69, 9.17) is 37.0 Å². The van der Waals surface area contributed by atoms with Crippen molar-refractivity contribution in [2.24, 2.45) is 11.8 Å². The van der Waals surface area contributed by atoms with Crippen LogP contribution in [0, 0.1) is 11.8 Å². The first kappa shape index (κ1) is 99.1. The van der Waals surface area contributed by atoms with Crippen molar-refractivity contribution in [1.29, 1.82) is 0 Å². The number of hydrogen-bond donors (Lipinski definition) is 3. The zero-order chi connectivity index (χ0) is 74.2. The molecule has 0 bridgehead atoms. The predicted molar refractivity (Wildman–Crippen MR) is 414 cm³/mol. The zero-order valence-electron chi connectivity index (χ0n) is 66.2. The molecule has 0 aromatic rings. The fourth-order valence-corrected chi connectivity index (χ4v) is 14.3. The lowest BCUT2D eigenvalue weighted by molar-refractivity contribution is -0.161. The van der Waals surface area contributed by atoms with Crippen molar-refractivity contribution >= 4 is 39.5 Å². The third kappa shape index (κ3) is 74.7. The van der Waals surface area contributed by atoms with E-state index in [-0.39, 0.29) is 25.7 Å². The zero-order valence-corrected chi connectivity index (χ0v) is 68.0. The van der Waals surface area contributed by atoms with Crippen LogP contribution in [0.5, 0.6) is 0 Å². The van der Waals surface area contributed by atoms with Crippen molar-refractivity contribution in [3.63, 3.8) is 0 Å². The molecule has 3 unspecified atom stereocenters. The Bertz CT molecular complexity index is 1940. The molecule has 0 saturated carbocycles. The van der Waals surface area contributed by atoms with Crippen molar-refractivity contribution < 1.29 is 80.2 Å². The van der Waals surface area contributed by atoms with Gasteiger partial charge in [0.25, 0.3) is 0 Å². The summed E-state index contributed by atoms with van der Waals surface area (Å²) in [5.41, 5.74) is 0. The monoisotopic (exact) mass is 1480 g/mol. The molecule has 19 heteroatoms. The van der Waals surface area contributed by atoms with Crippen LogP contribution in [0.1, 0.15) is 433 Å². The van der Waals surface area contributed by atoms with Gasteiger partial charge >= 0.3 is 39.5 Å². The number of aliphatic hydroxyl groups is 1. The van der Waals surface area contributed by atoms with Gasteiger partial charge in [-0.1, -0.05) is 382 Å². The van der Waals surface area contributed by atoms with Gasteiger partial charge in [-0.2, -0.15) is 0 Å². The Morgan fingerprint density at radius 1 is 0.287 bits per heavy atom. The molecule has 0 amide bonds. The number of phosphoric ester groups is 2. The molecule has 3 N–H and O–H groups in total. The fraction of sp³-hybridized carbons (Fsp3) is 0.951. The Hall–Kier alpha value is -1.94. The number of hydrogen-bond acceptors (Lipinski definition) is 15. The number of carbonyl (C=O) groups is 4. The van der Waals surface area contributed by atoms with Gasteiger partial charge in [-0.15, -0.1) is 0 Å². The summed E-state index contributed by atoms with van der Waals surface area (Å²) in [7, 11) is -9.92. The van der Waals surface area contributed by atoms with Gasteiger partial charge in [0, 0.05) is 25.7 Å². The average Bonchev–Trinajstić information content (AvgIpc) is 0.966. The smallest absolute Gasteiger partial charge is 0.462 e. The number of ether oxygens (including phenoxy) is 4. The second-order valence-corrected chi connectivity index (χ2v) is 33.1. The Kier molecular flexibility index (Phi) is 72.2. The lowest BCUT2D eigenvalue weighted by Crippen LogP contribution is -2.30. The van der Waals surface area contributed by atoms with Crippen molar-refractivity contribution in [3.8, 4) is 0 Å². The summed E-state index contributed by atoms with van der Waals surface area (Å²) >= 11 is 0. The number of unbranched alkanes of at least 4 members (excludes halogenated alkanes) is 50. The molecule has 0 radical (unpaired) electrons. The molecule has 17 nitrogen and oxygen atoms in total. The maximum atomic E-state index is 13.1. The number of carbonyl (C=O) groups excluding carboxylic acids is 4. The van der Waals surface area contributed by atoms with Gasteiger partial charge in [-0.3, -0.25) is 37.3 Å². The van der Waals surface area contributed by atoms with Crippen molar-refractivity contribution in [2.75, 3.05) is 39.6 Å². The number of aliphatic hydroxyl groups excluding tert-OH is 1. The van der Waals surface area contributed by atoms with Crippen molar-refractivity contribution in [2.45, 2.75) is 452 Å². The summed E-state index contributed by atoms with van der Waals surface area (Å²) in [6.07, 6.45) is 64.1. The molecule has 0 aliphatic rings. The third-order valence-electron chi connectivity index (χ3n) is 19.6. The van der Waals surface area contributed by atoms with Crippen LogP contribution >= 0.6 is 15.6 Å². The second-order valence-electron chi connectivity index (χ2n) is 30.2. The molecule has 0 spiro atoms. The van der Waals surface area contributed by atoms with E-state index in [1.165, 1.54) is 244 Å². The van der Waals surface area contributed by atoms with E-state index < -0.39 is 97.5 Å². The van der Waals surface area contributed by atoms with Crippen LogP contribution in [0.2, 0.25) is 0 Å². The van der Waals surface area contributed by atoms with Crippen LogP contribution < -0.4 is 0 Å². The van der Waals surface area contributed by atoms with Crippen LogP contribution in [0.3, 0.4) is 0 Å². The number of esters is 4. The van der Waals surface area contributed by atoms with Crippen LogP contribution in [0.25, 0.3) is 0 Å². The van der Waals surface area contributed by atoms with E-state index in [1.807, 2.05) is 0 Å². The van der Waals surface area contributed by atoms with E-state index in [0.717, 1.165) is 102 Å². The summed E-state index contributed by atoms with van der Waals surface area (Å²) in [6, 6.07) is 0. The molecule has 0 aromatic heterocycles. The molecule has 0 saturated heterocycles. The van der Waals surface area contributed by atoms with E-state index >= 15 is 0 Å². The fourth-order valence-electron chi connectivity index (χ4n) is 12.7. The van der Waals surface area contributed by atoms with Gasteiger partial charge in [0.2, 0.25) is 0 Å². The minimum atomic E-state index is -4.96. The Labute approximate surface area is 619 Å². The summed E-state index contributed by atoms with van der Waals surface area (Å²) in [4.78, 5) is 73.0. The molecule has 0 aliphatic carbocycles. The highest BCUT2D eigenvalue weighted by atomic mass is 31.2. The molecule has 6 atom stereocenters. The van der Waals surface area contributed by atoms with Gasteiger partial charge in [-0.25, -0.2) is 9.13 Å². The quantitative estimate of drug-likeness (QED) is 0.0222. The molecular formula is C82H160O17P2. The van der Waals surface area contributed by atoms with Gasteiger partial charge in [0.15, 0.2) is 12.2 Å². The number of phosphoric acid groups is 2. The van der Waals surface area contributed by atoms with Gasteiger partial charge < -0.3 is 33.8 Å². The highest BCUT2D eigenvalue weighted by Crippen LogP contribution is 2.45. The lowest BCUT2D eigenvalue weighted by Gasteiger charge is -2.21. The summed E-state index contributed by atoms with van der Waals surface area (Å²) < 4.78 is 68.7.